The summed E-state index contributed by atoms with van der Waals surface area (Å²) in [5.41, 5.74) is 4.64. The van der Waals surface area contributed by atoms with Crippen molar-refractivity contribution in [1.82, 2.24) is 20.0 Å². The summed E-state index contributed by atoms with van der Waals surface area (Å²) in [7, 11) is 1.72. The van der Waals surface area contributed by atoms with E-state index in [1.54, 1.807) is 7.11 Å². The predicted octanol–water partition coefficient (Wildman–Crippen LogP) is 3.77. The molecule has 1 saturated heterocycles. The molecule has 0 amide bonds. The number of benzene rings is 1. The van der Waals surface area contributed by atoms with Gasteiger partial charge in [-0.2, -0.15) is 5.10 Å². The van der Waals surface area contributed by atoms with Crippen LogP contribution >= 0.6 is 24.0 Å². The van der Waals surface area contributed by atoms with Gasteiger partial charge in [-0.1, -0.05) is 30.3 Å². The zero-order valence-corrected chi connectivity index (χ0v) is 22.2. The van der Waals surface area contributed by atoms with Gasteiger partial charge in [-0.05, 0) is 32.8 Å². The smallest absolute Gasteiger partial charge is 0.194 e. The van der Waals surface area contributed by atoms with Crippen LogP contribution in [0.3, 0.4) is 0 Å². The second-order valence-electron chi connectivity index (χ2n) is 8.14. The highest BCUT2D eigenvalue weighted by molar-refractivity contribution is 14.0. The SMILES string of the molecule is CCNC(=NCc1c(C)nn(CCOC)c1C)N1CCC(COCc2ccccc2)C1.I. The summed E-state index contributed by atoms with van der Waals surface area (Å²) in [5, 5.41) is 8.12. The Kier molecular flexibility index (Phi) is 11.5. The Morgan fingerprint density at radius 2 is 2.03 bits per heavy atom. The van der Waals surface area contributed by atoms with Crippen molar-refractivity contribution in [2.75, 3.05) is 40.0 Å². The number of halogens is 1. The summed E-state index contributed by atoms with van der Waals surface area (Å²) in [4.78, 5) is 7.31. The van der Waals surface area contributed by atoms with Gasteiger partial charge < -0.3 is 19.7 Å². The fourth-order valence-electron chi connectivity index (χ4n) is 4.02. The van der Waals surface area contributed by atoms with Crippen LogP contribution in [-0.4, -0.2) is 60.6 Å². The van der Waals surface area contributed by atoms with E-state index in [9.17, 15) is 0 Å². The molecular formula is C24H38IN5O2. The number of methoxy groups -OCH3 is 1. The van der Waals surface area contributed by atoms with Crippen molar-refractivity contribution in [3.8, 4) is 0 Å². The minimum absolute atomic E-state index is 0. The number of hydrogen-bond acceptors (Lipinski definition) is 4. The van der Waals surface area contributed by atoms with E-state index >= 15 is 0 Å². The van der Waals surface area contributed by atoms with Crippen LogP contribution in [0.5, 0.6) is 0 Å². The van der Waals surface area contributed by atoms with Crippen LogP contribution < -0.4 is 5.32 Å². The first-order valence-electron chi connectivity index (χ1n) is 11.3. The molecule has 8 heteroatoms. The summed E-state index contributed by atoms with van der Waals surface area (Å²) >= 11 is 0. The Hall–Kier alpha value is -1.65. The van der Waals surface area contributed by atoms with E-state index in [0.717, 1.165) is 50.9 Å². The minimum atomic E-state index is 0. The average molecular weight is 556 g/mol. The number of nitrogens with one attached hydrogen (secondary N) is 1. The Balaban J connectivity index is 0.00000363. The van der Waals surface area contributed by atoms with Gasteiger partial charge in [0.2, 0.25) is 0 Å². The van der Waals surface area contributed by atoms with Gasteiger partial charge in [-0.25, -0.2) is 4.99 Å². The number of aromatic nitrogens is 2. The quantitative estimate of drug-likeness (QED) is 0.275. The number of rotatable bonds is 10. The van der Waals surface area contributed by atoms with Crippen molar-refractivity contribution in [1.29, 1.82) is 0 Å². The summed E-state index contributed by atoms with van der Waals surface area (Å²) in [6.07, 6.45) is 1.13. The molecule has 0 saturated carbocycles. The van der Waals surface area contributed by atoms with Crippen LogP contribution in [0.25, 0.3) is 0 Å². The first kappa shape index (κ1) is 26.6. The second kappa shape index (κ2) is 13.8. The Morgan fingerprint density at radius 3 is 2.75 bits per heavy atom. The van der Waals surface area contributed by atoms with E-state index in [0.29, 0.717) is 25.7 Å². The molecule has 178 valence electrons. The van der Waals surface area contributed by atoms with E-state index in [4.69, 9.17) is 14.5 Å². The highest BCUT2D eigenvalue weighted by Crippen LogP contribution is 2.19. The normalized spacial score (nSPS) is 16.3. The first-order chi connectivity index (χ1) is 15.1. The van der Waals surface area contributed by atoms with E-state index in [2.05, 4.69) is 60.4 Å². The molecule has 0 spiro atoms. The Labute approximate surface area is 209 Å². The number of likely N-dealkylation sites (tertiary alicyclic amines) is 1. The maximum atomic E-state index is 5.98. The van der Waals surface area contributed by atoms with Crippen LogP contribution in [0.1, 0.15) is 35.9 Å². The maximum Gasteiger partial charge on any atom is 0.194 e. The molecular weight excluding hydrogens is 517 g/mol. The van der Waals surface area contributed by atoms with E-state index in [1.165, 1.54) is 16.8 Å². The molecule has 1 aliphatic rings. The molecule has 1 aliphatic heterocycles. The maximum absolute atomic E-state index is 5.98. The topological polar surface area (TPSA) is 63.9 Å². The van der Waals surface area contributed by atoms with Crippen LogP contribution in [0.2, 0.25) is 0 Å². The lowest BCUT2D eigenvalue weighted by atomic mass is 10.1. The fraction of sp³-hybridized carbons (Fsp3) is 0.583. The third kappa shape index (κ3) is 7.45. The molecule has 1 aromatic heterocycles. The highest BCUT2D eigenvalue weighted by atomic mass is 127. The largest absolute Gasteiger partial charge is 0.383 e. The number of guanidine groups is 1. The highest BCUT2D eigenvalue weighted by Gasteiger charge is 2.25. The van der Waals surface area contributed by atoms with Gasteiger partial charge in [0.15, 0.2) is 5.96 Å². The molecule has 2 aromatic rings. The standard InChI is InChI=1S/C24H37N5O2.HI/c1-5-25-24(26-15-23-19(2)27-29(20(23)3)13-14-30-4)28-12-11-22(16-28)18-31-17-21-9-7-6-8-10-21;/h6-10,22H,5,11-18H2,1-4H3,(H,25,26);1H. The Morgan fingerprint density at radius 1 is 1.25 bits per heavy atom. The lowest BCUT2D eigenvalue weighted by Crippen LogP contribution is -2.40. The van der Waals surface area contributed by atoms with Gasteiger partial charge in [0.05, 0.1) is 38.6 Å². The zero-order valence-electron chi connectivity index (χ0n) is 19.8. The zero-order chi connectivity index (χ0) is 22.1. The number of nitrogens with zero attached hydrogens (tertiary/aromatic N) is 4. The second-order valence-corrected chi connectivity index (χ2v) is 8.14. The lowest BCUT2D eigenvalue weighted by molar-refractivity contribution is 0.0906. The molecule has 1 unspecified atom stereocenters. The van der Waals surface area contributed by atoms with Crippen molar-refractivity contribution in [3.05, 3.63) is 52.8 Å². The summed E-state index contributed by atoms with van der Waals surface area (Å²) < 4.78 is 13.2. The van der Waals surface area contributed by atoms with Gasteiger partial charge in [0, 0.05) is 43.9 Å². The number of hydrogen-bond donors (Lipinski definition) is 1. The predicted molar refractivity (Wildman–Crippen MR) is 140 cm³/mol. The molecule has 1 atom stereocenters. The third-order valence-corrected chi connectivity index (χ3v) is 5.81. The summed E-state index contributed by atoms with van der Waals surface area (Å²) in [5.74, 6) is 1.52. The van der Waals surface area contributed by atoms with Gasteiger partial charge in [0.25, 0.3) is 0 Å². The van der Waals surface area contributed by atoms with Crippen LogP contribution in [-0.2, 0) is 29.2 Å². The van der Waals surface area contributed by atoms with Gasteiger partial charge in [0.1, 0.15) is 0 Å². The van der Waals surface area contributed by atoms with Crippen molar-refractivity contribution < 1.29 is 9.47 Å². The van der Waals surface area contributed by atoms with Crippen LogP contribution in [0.15, 0.2) is 35.3 Å². The van der Waals surface area contributed by atoms with Gasteiger partial charge in [-0.3, -0.25) is 4.68 Å². The fourth-order valence-corrected chi connectivity index (χ4v) is 4.02. The number of aliphatic imine (C=N–C) groups is 1. The van der Waals surface area contributed by atoms with Gasteiger partial charge >= 0.3 is 0 Å². The molecule has 0 bridgehead atoms. The number of ether oxygens (including phenoxy) is 2. The molecule has 3 rings (SSSR count). The molecule has 7 nitrogen and oxygen atoms in total. The molecule has 1 N–H and O–H groups in total. The molecule has 1 fully saturated rings. The van der Waals surface area contributed by atoms with Crippen molar-refractivity contribution in [2.24, 2.45) is 10.9 Å². The van der Waals surface area contributed by atoms with Crippen LogP contribution in [0.4, 0.5) is 0 Å². The molecule has 32 heavy (non-hydrogen) atoms. The van der Waals surface area contributed by atoms with E-state index in [1.807, 2.05) is 10.7 Å². The van der Waals surface area contributed by atoms with Crippen LogP contribution in [0, 0.1) is 19.8 Å². The lowest BCUT2D eigenvalue weighted by Gasteiger charge is -2.21. The average Bonchev–Trinajstić information content (AvgIpc) is 3.35. The molecule has 0 radical (unpaired) electrons. The molecule has 0 aliphatic carbocycles. The molecule has 1 aromatic carbocycles. The minimum Gasteiger partial charge on any atom is -0.383 e. The number of aryl methyl sites for hydroxylation is 1. The van der Waals surface area contributed by atoms with E-state index in [-0.39, 0.29) is 24.0 Å². The molecule has 2 heterocycles. The third-order valence-electron chi connectivity index (χ3n) is 5.81. The van der Waals surface area contributed by atoms with Crippen molar-refractivity contribution in [3.63, 3.8) is 0 Å². The summed E-state index contributed by atoms with van der Waals surface area (Å²) in [6, 6.07) is 10.4. The summed E-state index contributed by atoms with van der Waals surface area (Å²) in [6.45, 7) is 12.7. The van der Waals surface area contributed by atoms with Crippen molar-refractivity contribution in [2.45, 2.75) is 46.9 Å². The van der Waals surface area contributed by atoms with Gasteiger partial charge in [-0.15, -0.1) is 24.0 Å². The van der Waals surface area contributed by atoms with E-state index < -0.39 is 0 Å². The first-order valence-corrected chi connectivity index (χ1v) is 11.3. The Bertz CT molecular complexity index is 840. The van der Waals surface area contributed by atoms with Crippen molar-refractivity contribution >= 4 is 29.9 Å². The monoisotopic (exact) mass is 555 g/mol.